The Morgan fingerprint density at radius 3 is 2.00 bits per heavy atom. The quantitative estimate of drug-likeness (QED) is 0.261. The molecule has 0 spiro atoms. The SMILES string of the molecule is CC(C)[C@H](NC(=O)[C@@H](N)CN)C(=O)N[C@@H](CCC(=O)O)C(=O)O. The van der Waals surface area contributed by atoms with E-state index in [2.05, 4.69) is 10.6 Å². The zero-order valence-electron chi connectivity index (χ0n) is 13.1. The number of nitrogens with one attached hydrogen (secondary N) is 2. The summed E-state index contributed by atoms with van der Waals surface area (Å²) in [4.78, 5) is 45.5. The summed E-state index contributed by atoms with van der Waals surface area (Å²) in [6.07, 6.45) is -0.675. The van der Waals surface area contributed by atoms with E-state index in [0.29, 0.717) is 0 Å². The molecule has 0 saturated carbocycles. The molecule has 2 amide bonds. The van der Waals surface area contributed by atoms with Gasteiger partial charge in [0, 0.05) is 13.0 Å². The minimum absolute atomic E-state index is 0.103. The Labute approximate surface area is 133 Å². The topological polar surface area (TPSA) is 185 Å². The van der Waals surface area contributed by atoms with Gasteiger partial charge in [0.15, 0.2) is 0 Å². The highest BCUT2D eigenvalue weighted by Gasteiger charge is 2.29. The predicted molar refractivity (Wildman–Crippen MR) is 80.2 cm³/mol. The number of carbonyl (C=O) groups is 4. The van der Waals surface area contributed by atoms with Crippen molar-refractivity contribution < 1.29 is 29.4 Å². The summed E-state index contributed by atoms with van der Waals surface area (Å²) >= 11 is 0. The van der Waals surface area contributed by atoms with E-state index in [1.807, 2.05) is 0 Å². The van der Waals surface area contributed by atoms with E-state index in [1.54, 1.807) is 13.8 Å². The molecular formula is C13H24N4O6. The molecule has 0 heterocycles. The molecule has 0 aliphatic rings. The molecule has 132 valence electrons. The number of hydrogen-bond acceptors (Lipinski definition) is 6. The average Bonchev–Trinajstić information content (AvgIpc) is 2.46. The van der Waals surface area contributed by atoms with Gasteiger partial charge in [-0.05, 0) is 12.3 Å². The number of carboxylic acids is 2. The molecule has 0 rings (SSSR count). The molecule has 0 saturated heterocycles. The van der Waals surface area contributed by atoms with E-state index in [0.717, 1.165) is 0 Å². The molecule has 0 radical (unpaired) electrons. The maximum atomic E-state index is 12.2. The minimum Gasteiger partial charge on any atom is -0.481 e. The molecule has 0 aromatic rings. The zero-order chi connectivity index (χ0) is 18.2. The van der Waals surface area contributed by atoms with Gasteiger partial charge in [0.2, 0.25) is 11.8 Å². The van der Waals surface area contributed by atoms with Crippen LogP contribution in [0, 0.1) is 5.92 Å². The Kier molecular flexibility index (Phi) is 8.81. The molecule has 0 aliphatic carbocycles. The van der Waals surface area contributed by atoms with Gasteiger partial charge in [-0.1, -0.05) is 13.8 Å². The highest BCUT2D eigenvalue weighted by molar-refractivity contribution is 5.92. The van der Waals surface area contributed by atoms with E-state index in [1.165, 1.54) is 0 Å². The Hall–Kier alpha value is -2.20. The number of aliphatic carboxylic acids is 2. The first kappa shape index (κ1) is 20.8. The molecule has 0 unspecified atom stereocenters. The van der Waals surface area contributed by atoms with E-state index in [9.17, 15) is 19.2 Å². The van der Waals surface area contributed by atoms with Gasteiger partial charge >= 0.3 is 11.9 Å². The van der Waals surface area contributed by atoms with Crippen molar-refractivity contribution in [2.45, 2.75) is 44.8 Å². The number of carboxylic acid groups (broad SMARTS) is 2. The summed E-state index contributed by atoms with van der Waals surface area (Å²) in [5, 5.41) is 22.3. The second-order valence-electron chi connectivity index (χ2n) is 5.40. The van der Waals surface area contributed by atoms with Crippen molar-refractivity contribution in [3.8, 4) is 0 Å². The van der Waals surface area contributed by atoms with Gasteiger partial charge in [-0.3, -0.25) is 14.4 Å². The fourth-order valence-electron chi connectivity index (χ4n) is 1.69. The van der Waals surface area contributed by atoms with Crippen molar-refractivity contribution >= 4 is 23.8 Å². The standard InChI is InChI=1S/C13H24N4O6/c1-6(2)10(17-11(20)7(15)5-14)12(21)16-8(13(22)23)3-4-9(18)19/h6-8,10H,3-5,14-15H2,1-2H3,(H,16,21)(H,17,20)(H,18,19)(H,22,23)/t7-,8-,10-/m0/s1. The first-order valence-electron chi connectivity index (χ1n) is 7.11. The second kappa shape index (κ2) is 9.74. The first-order valence-corrected chi connectivity index (χ1v) is 7.11. The molecule has 0 bridgehead atoms. The normalized spacial score (nSPS) is 14.7. The van der Waals surface area contributed by atoms with Crippen LogP contribution in [0.1, 0.15) is 26.7 Å². The lowest BCUT2D eigenvalue weighted by molar-refractivity contribution is -0.143. The molecule has 8 N–H and O–H groups in total. The van der Waals surface area contributed by atoms with Gasteiger partial charge in [0.25, 0.3) is 0 Å². The van der Waals surface area contributed by atoms with Crippen molar-refractivity contribution in [3.63, 3.8) is 0 Å². The van der Waals surface area contributed by atoms with Gasteiger partial charge in [-0.2, -0.15) is 0 Å². The molecule has 0 aliphatic heterocycles. The van der Waals surface area contributed by atoms with Gasteiger partial charge in [0.05, 0.1) is 6.04 Å². The fraction of sp³-hybridized carbons (Fsp3) is 0.692. The fourth-order valence-corrected chi connectivity index (χ4v) is 1.69. The summed E-state index contributed by atoms with van der Waals surface area (Å²) in [7, 11) is 0. The van der Waals surface area contributed by atoms with Crippen molar-refractivity contribution in [1.29, 1.82) is 0 Å². The largest absolute Gasteiger partial charge is 0.481 e. The Bertz CT molecular complexity index is 454. The Balaban J connectivity index is 4.91. The molecule has 3 atom stereocenters. The third kappa shape index (κ3) is 7.56. The van der Waals surface area contributed by atoms with Gasteiger partial charge in [-0.25, -0.2) is 4.79 Å². The smallest absolute Gasteiger partial charge is 0.326 e. The summed E-state index contributed by atoms with van der Waals surface area (Å²) < 4.78 is 0. The van der Waals surface area contributed by atoms with Crippen LogP contribution in [0.25, 0.3) is 0 Å². The maximum absolute atomic E-state index is 12.2. The number of carbonyl (C=O) groups excluding carboxylic acids is 2. The lowest BCUT2D eigenvalue weighted by Crippen LogP contribution is -2.57. The summed E-state index contributed by atoms with van der Waals surface area (Å²) in [5.41, 5.74) is 10.7. The number of nitrogens with two attached hydrogens (primary N) is 2. The van der Waals surface area contributed by atoms with Crippen LogP contribution in [0.3, 0.4) is 0 Å². The van der Waals surface area contributed by atoms with Gasteiger partial charge in [0.1, 0.15) is 12.1 Å². The van der Waals surface area contributed by atoms with Crippen molar-refractivity contribution in [3.05, 3.63) is 0 Å². The van der Waals surface area contributed by atoms with Crippen LogP contribution in [-0.4, -0.2) is 58.6 Å². The monoisotopic (exact) mass is 332 g/mol. The van der Waals surface area contributed by atoms with Crippen LogP contribution in [0.2, 0.25) is 0 Å². The van der Waals surface area contributed by atoms with E-state index < -0.39 is 48.3 Å². The van der Waals surface area contributed by atoms with E-state index >= 15 is 0 Å². The highest BCUT2D eigenvalue weighted by Crippen LogP contribution is 2.05. The van der Waals surface area contributed by atoms with Crippen LogP contribution in [0.4, 0.5) is 0 Å². The average molecular weight is 332 g/mol. The molecule has 0 fully saturated rings. The minimum atomic E-state index is -1.36. The predicted octanol–water partition coefficient (Wildman–Crippen LogP) is -2.15. The summed E-state index contributed by atoms with van der Waals surface area (Å²) in [6, 6.07) is -3.35. The Morgan fingerprint density at radius 1 is 1.04 bits per heavy atom. The van der Waals surface area contributed by atoms with E-state index in [4.69, 9.17) is 21.7 Å². The summed E-state index contributed by atoms with van der Waals surface area (Å²) in [6.45, 7) is 3.21. The zero-order valence-corrected chi connectivity index (χ0v) is 13.1. The van der Waals surface area contributed by atoms with Crippen LogP contribution < -0.4 is 22.1 Å². The molecule has 23 heavy (non-hydrogen) atoms. The second-order valence-corrected chi connectivity index (χ2v) is 5.40. The van der Waals surface area contributed by atoms with Gasteiger partial charge in [-0.15, -0.1) is 0 Å². The van der Waals surface area contributed by atoms with Crippen LogP contribution in [0.15, 0.2) is 0 Å². The van der Waals surface area contributed by atoms with Crippen molar-refractivity contribution in [1.82, 2.24) is 10.6 Å². The molecule has 0 aromatic carbocycles. The van der Waals surface area contributed by atoms with Gasteiger partial charge < -0.3 is 32.3 Å². The van der Waals surface area contributed by atoms with Crippen molar-refractivity contribution in [2.75, 3.05) is 6.54 Å². The van der Waals surface area contributed by atoms with Crippen molar-refractivity contribution in [2.24, 2.45) is 17.4 Å². The summed E-state index contributed by atoms with van der Waals surface area (Å²) in [5.74, 6) is -4.22. The molecule has 0 aromatic heterocycles. The third-order valence-corrected chi connectivity index (χ3v) is 3.10. The Morgan fingerprint density at radius 2 is 1.61 bits per heavy atom. The maximum Gasteiger partial charge on any atom is 0.326 e. The number of hydrogen-bond donors (Lipinski definition) is 6. The number of amides is 2. The molecule has 10 heteroatoms. The van der Waals surface area contributed by atoms with Crippen LogP contribution >= 0.6 is 0 Å². The molecule has 10 nitrogen and oxygen atoms in total. The van der Waals surface area contributed by atoms with E-state index in [-0.39, 0.29) is 18.9 Å². The number of rotatable bonds is 10. The molecular weight excluding hydrogens is 308 g/mol. The van der Waals surface area contributed by atoms with Crippen LogP contribution in [0.5, 0.6) is 0 Å². The first-order chi connectivity index (χ1) is 10.6. The van der Waals surface area contributed by atoms with Crippen LogP contribution in [-0.2, 0) is 19.2 Å². The third-order valence-electron chi connectivity index (χ3n) is 3.10. The lowest BCUT2D eigenvalue weighted by Gasteiger charge is -2.25. The highest BCUT2D eigenvalue weighted by atomic mass is 16.4. The lowest BCUT2D eigenvalue weighted by atomic mass is 10.0.